The molecular formula is C9H9Cl2NO2. The molecule has 76 valence electrons. The number of H-pyrrole nitrogens is 1. The summed E-state index contributed by atoms with van der Waals surface area (Å²) in [5.74, 6) is -0.475. The summed E-state index contributed by atoms with van der Waals surface area (Å²) in [5, 5.41) is 0.550. The highest BCUT2D eigenvalue weighted by Crippen LogP contribution is 2.22. The Morgan fingerprint density at radius 2 is 2.36 bits per heavy atom. The van der Waals surface area contributed by atoms with Gasteiger partial charge in [0.05, 0.1) is 5.02 Å². The van der Waals surface area contributed by atoms with Crippen LogP contribution in [0, 0.1) is 0 Å². The minimum atomic E-state index is -0.475. The van der Waals surface area contributed by atoms with Gasteiger partial charge in [-0.3, -0.25) is 0 Å². The number of allylic oxidation sites excluding steroid dienone is 1. The van der Waals surface area contributed by atoms with Crippen molar-refractivity contribution in [3.8, 4) is 0 Å². The molecule has 0 amide bonds. The quantitative estimate of drug-likeness (QED) is 0.645. The largest absolute Gasteiger partial charge is 0.457 e. The molecule has 3 nitrogen and oxygen atoms in total. The van der Waals surface area contributed by atoms with Crippen LogP contribution >= 0.6 is 23.2 Å². The van der Waals surface area contributed by atoms with Crippen molar-refractivity contribution in [2.24, 2.45) is 0 Å². The third kappa shape index (κ3) is 2.79. The summed E-state index contributed by atoms with van der Waals surface area (Å²) >= 11 is 11.3. The first-order chi connectivity index (χ1) is 6.65. The van der Waals surface area contributed by atoms with Gasteiger partial charge in [0.2, 0.25) is 0 Å². The van der Waals surface area contributed by atoms with Crippen molar-refractivity contribution in [3.63, 3.8) is 0 Å². The van der Waals surface area contributed by atoms with Crippen LogP contribution in [0.4, 0.5) is 0 Å². The number of hydrogen-bond donors (Lipinski definition) is 1. The number of esters is 1. The molecule has 1 heterocycles. The Kier molecular flexibility index (Phi) is 4.04. The Bertz CT molecular complexity index is 338. The first-order valence-electron chi connectivity index (χ1n) is 3.97. The van der Waals surface area contributed by atoms with Crippen molar-refractivity contribution in [1.82, 2.24) is 4.98 Å². The van der Waals surface area contributed by atoms with E-state index in [1.54, 1.807) is 12.2 Å². The van der Waals surface area contributed by atoms with Crippen LogP contribution in [0.25, 0.3) is 0 Å². The second-order valence-corrected chi connectivity index (χ2v) is 3.30. The molecule has 0 atom stereocenters. The summed E-state index contributed by atoms with van der Waals surface area (Å²) in [6.07, 6.45) is 3.52. The van der Waals surface area contributed by atoms with Crippen LogP contribution in [-0.4, -0.2) is 17.6 Å². The molecule has 0 radical (unpaired) electrons. The maximum atomic E-state index is 11.3. The molecule has 0 aromatic carbocycles. The molecule has 0 unspecified atom stereocenters. The molecule has 0 bridgehead atoms. The number of aromatic nitrogens is 1. The van der Waals surface area contributed by atoms with E-state index in [9.17, 15) is 4.79 Å². The Hall–Kier alpha value is -0.930. The zero-order valence-corrected chi connectivity index (χ0v) is 9.02. The van der Waals surface area contributed by atoms with Crippen LogP contribution in [0.2, 0.25) is 10.2 Å². The molecule has 0 saturated heterocycles. The van der Waals surface area contributed by atoms with Gasteiger partial charge in [0.1, 0.15) is 17.5 Å². The van der Waals surface area contributed by atoms with Gasteiger partial charge >= 0.3 is 5.97 Å². The fraction of sp³-hybridized carbons (Fsp3) is 0.222. The second kappa shape index (κ2) is 5.08. The average molecular weight is 234 g/mol. The van der Waals surface area contributed by atoms with Crippen LogP contribution in [0.15, 0.2) is 18.2 Å². The lowest BCUT2D eigenvalue weighted by molar-refractivity contribution is 0.0543. The molecule has 0 aliphatic carbocycles. The van der Waals surface area contributed by atoms with Crippen LogP contribution < -0.4 is 0 Å². The first-order valence-corrected chi connectivity index (χ1v) is 4.73. The number of aromatic amines is 1. The van der Waals surface area contributed by atoms with Gasteiger partial charge in [0, 0.05) is 0 Å². The summed E-state index contributed by atoms with van der Waals surface area (Å²) in [5.41, 5.74) is 0.254. The van der Waals surface area contributed by atoms with Crippen molar-refractivity contribution in [3.05, 3.63) is 34.1 Å². The summed E-state index contributed by atoms with van der Waals surface area (Å²) in [6.45, 7) is 2.08. The highest BCUT2D eigenvalue weighted by molar-refractivity contribution is 6.41. The van der Waals surface area contributed by atoms with E-state index in [-0.39, 0.29) is 17.5 Å². The highest BCUT2D eigenvalue weighted by Gasteiger charge is 2.11. The van der Waals surface area contributed by atoms with E-state index >= 15 is 0 Å². The third-order valence-electron chi connectivity index (χ3n) is 1.49. The predicted molar refractivity (Wildman–Crippen MR) is 55.9 cm³/mol. The number of carbonyl (C=O) groups is 1. The maximum absolute atomic E-state index is 11.3. The number of rotatable bonds is 3. The molecule has 1 N–H and O–H groups in total. The zero-order chi connectivity index (χ0) is 10.6. The SMILES string of the molecule is C/C=C/COC(=O)c1cc(Cl)c(Cl)[nH]1. The van der Waals surface area contributed by atoms with Crippen LogP contribution in [0.3, 0.4) is 0 Å². The lowest BCUT2D eigenvalue weighted by Crippen LogP contribution is -2.05. The molecule has 1 rings (SSSR count). The average Bonchev–Trinajstić information content (AvgIpc) is 2.47. The van der Waals surface area contributed by atoms with Crippen molar-refractivity contribution in [2.45, 2.75) is 6.92 Å². The molecule has 14 heavy (non-hydrogen) atoms. The molecule has 1 aromatic rings. The molecule has 0 spiro atoms. The van der Waals surface area contributed by atoms with E-state index in [0.29, 0.717) is 5.02 Å². The first kappa shape index (κ1) is 11.1. The molecule has 1 aromatic heterocycles. The normalized spacial score (nSPS) is 10.8. The van der Waals surface area contributed by atoms with Gasteiger partial charge in [0.25, 0.3) is 0 Å². The minimum absolute atomic E-state index is 0.240. The van der Waals surface area contributed by atoms with Crippen molar-refractivity contribution < 1.29 is 9.53 Å². The summed E-state index contributed by atoms with van der Waals surface area (Å²) < 4.78 is 4.86. The molecule has 0 saturated carbocycles. The molecule has 0 aliphatic rings. The minimum Gasteiger partial charge on any atom is -0.457 e. The van der Waals surface area contributed by atoms with E-state index in [0.717, 1.165) is 0 Å². The smallest absolute Gasteiger partial charge is 0.355 e. The van der Waals surface area contributed by atoms with E-state index < -0.39 is 5.97 Å². The summed E-state index contributed by atoms with van der Waals surface area (Å²) in [7, 11) is 0. The Morgan fingerprint density at radius 1 is 1.64 bits per heavy atom. The Balaban J connectivity index is 2.61. The number of ether oxygens (including phenoxy) is 1. The Labute approximate surface area is 91.7 Å². The van der Waals surface area contributed by atoms with Gasteiger partial charge in [-0.1, -0.05) is 35.4 Å². The van der Waals surface area contributed by atoms with E-state index in [2.05, 4.69) is 4.98 Å². The van der Waals surface area contributed by atoms with Crippen molar-refractivity contribution in [2.75, 3.05) is 6.61 Å². The monoisotopic (exact) mass is 233 g/mol. The summed E-state index contributed by atoms with van der Waals surface area (Å²) in [6, 6.07) is 1.43. The van der Waals surface area contributed by atoms with Gasteiger partial charge in [0.15, 0.2) is 0 Å². The van der Waals surface area contributed by atoms with Gasteiger partial charge in [-0.25, -0.2) is 4.79 Å². The third-order valence-corrected chi connectivity index (χ3v) is 2.18. The predicted octanol–water partition coefficient (Wildman–Crippen LogP) is 3.05. The lowest BCUT2D eigenvalue weighted by atomic mass is 10.4. The van der Waals surface area contributed by atoms with E-state index in [4.69, 9.17) is 27.9 Å². The van der Waals surface area contributed by atoms with Gasteiger partial charge < -0.3 is 9.72 Å². The fourth-order valence-corrected chi connectivity index (χ4v) is 1.12. The number of nitrogens with one attached hydrogen (secondary N) is 1. The number of halogens is 2. The lowest BCUT2D eigenvalue weighted by Gasteiger charge is -1.97. The standard InChI is InChI=1S/C9H9Cl2NO2/c1-2-3-4-14-9(13)7-5-6(10)8(11)12-7/h2-3,5,12H,4H2,1H3/b3-2+. The van der Waals surface area contributed by atoms with Gasteiger partial charge in [-0.05, 0) is 13.0 Å². The van der Waals surface area contributed by atoms with Crippen LogP contribution in [0.5, 0.6) is 0 Å². The van der Waals surface area contributed by atoms with Crippen molar-refractivity contribution >= 4 is 29.2 Å². The molecular weight excluding hydrogens is 225 g/mol. The second-order valence-electron chi connectivity index (χ2n) is 2.51. The Morgan fingerprint density at radius 3 is 2.86 bits per heavy atom. The topological polar surface area (TPSA) is 42.1 Å². The van der Waals surface area contributed by atoms with E-state index in [1.807, 2.05) is 6.92 Å². The highest BCUT2D eigenvalue weighted by atomic mass is 35.5. The molecule has 5 heteroatoms. The van der Waals surface area contributed by atoms with Gasteiger partial charge in [-0.15, -0.1) is 0 Å². The number of hydrogen-bond acceptors (Lipinski definition) is 2. The van der Waals surface area contributed by atoms with Crippen LogP contribution in [0.1, 0.15) is 17.4 Å². The molecule has 0 fully saturated rings. The summed E-state index contributed by atoms with van der Waals surface area (Å²) in [4.78, 5) is 13.9. The fourth-order valence-electron chi connectivity index (χ4n) is 0.812. The maximum Gasteiger partial charge on any atom is 0.355 e. The zero-order valence-electron chi connectivity index (χ0n) is 7.51. The van der Waals surface area contributed by atoms with Gasteiger partial charge in [-0.2, -0.15) is 0 Å². The molecule has 0 aliphatic heterocycles. The van der Waals surface area contributed by atoms with E-state index in [1.165, 1.54) is 6.07 Å². The number of carbonyl (C=O) groups excluding carboxylic acids is 1. The van der Waals surface area contributed by atoms with Crippen LogP contribution in [-0.2, 0) is 4.74 Å². The van der Waals surface area contributed by atoms with Crippen molar-refractivity contribution in [1.29, 1.82) is 0 Å².